The quantitative estimate of drug-likeness (QED) is 0.0200. The third-order valence-electron chi connectivity index (χ3n) is 16.1. The molecule has 0 aliphatic rings. The molecular weight excluding hydrogens is 1050 g/mol. The average Bonchev–Trinajstić information content (AvgIpc) is 3.50. The van der Waals surface area contributed by atoms with Crippen molar-refractivity contribution in [2.45, 2.75) is 282 Å². The molecule has 4 unspecified atom stereocenters. The summed E-state index contributed by atoms with van der Waals surface area (Å²) in [5.41, 5.74) is 22.9. The molecule has 0 fully saturated rings. The van der Waals surface area contributed by atoms with E-state index in [1.807, 2.05) is 0 Å². The first kappa shape index (κ1) is 81.9. The Hall–Kier alpha value is -2.06. The van der Waals surface area contributed by atoms with Crippen LogP contribution in [0.25, 0.3) is 0 Å². The number of nitrogens with one attached hydrogen (secondary N) is 6. The van der Waals surface area contributed by atoms with Crippen LogP contribution in [0.5, 0.6) is 0 Å². The van der Waals surface area contributed by atoms with Crippen molar-refractivity contribution >= 4 is 11.8 Å². The molecule has 84 heavy (non-hydrogen) atoms. The second-order valence-electron chi connectivity index (χ2n) is 24.3. The summed E-state index contributed by atoms with van der Waals surface area (Å²) in [5, 5.41) is 42.7. The molecule has 0 radical (unpaired) electrons. The van der Waals surface area contributed by atoms with Gasteiger partial charge in [-0.25, -0.2) is 0 Å². The third-order valence-corrected chi connectivity index (χ3v) is 16.1. The highest BCUT2D eigenvalue weighted by atomic mass is 16.3. The lowest BCUT2D eigenvalue weighted by molar-refractivity contribution is -0.124. The van der Waals surface area contributed by atoms with Crippen molar-refractivity contribution < 1.29 is 19.8 Å². The Balaban J connectivity index is 5.66. The Bertz CT molecular complexity index is 1320. The number of rotatable bonds is 69. The number of allylic oxidation sites excluding steroid dienone is 4. The zero-order chi connectivity index (χ0) is 61.3. The van der Waals surface area contributed by atoms with Gasteiger partial charge in [0.05, 0.1) is 24.3 Å². The highest BCUT2D eigenvalue weighted by Gasteiger charge is 2.22. The van der Waals surface area contributed by atoms with E-state index < -0.39 is 12.2 Å². The fourth-order valence-corrected chi connectivity index (χ4v) is 10.8. The van der Waals surface area contributed by atoms with Crippen molar-refractivity contribution in [2.75, 3.05) is 118 Å². The minimum Gasteiger partial charge on any atom is -0.390 e. The van der Waals surface area contributed by atoms with Crippen LogP contribution in [0.2, 0.25) is 0 Å². The Morgan fingerprint density at radius 2 is 0.643 bits per heavy atom. The predicted molar refractivity (Wildman–Crippen MR) is 362 cm³/mol. The maximum Gasteiger partial charge on any atom is 0.237 e. The van der Waals surface area contributed by atoms with E-state index in [1.54, 1.807) is 0 Å². The molecule has 16 N–H and O–H groups in total. The van der Waals surface area contributed by atoms with Gasteiger partial charge < -0.3 is 74.8 Å². The van der Waals surface area contributed by atoms with Gasteiger partial charge in [0.25, 0.3) is 0 Å². The van der Waals surface area contributed by atoms with Crippen molar-refractivity contribution in [1.29, 1.82) is 0 Å². The molecule has 0 aromatic rings. The maximum absolute atomic E-state index is 13.5. The molecule has 0 aromatic heterocycles. The van der Waals surface area contributed by atoms with Crippen LogP contribution in [0.4, 0.5) is 0 Å². The van der Waals surface area contributed by atoms with Gasteiger partial charge in [0.15, 0.2) is 0 Å². The molecule has 4 atom stereocenters. The summed E-state index contributed by atoms with van der Waals surface area (Å²) in [6, 6.07) is -0.673. The Labute approximate surface area is 518 Å². The topological polar surface area (TPSA) is 257 Å². The smallest absolute Gasteiger partial charge is 0.237 e. The minimum atomic E-state index is -0.688. The highest BCUT2D eigenvalue weighted by molar-refractivity contribution is 5.82. The molecule has 0 bridgehead atoms. The summed E-state index contributed by atoms with van der Waals surface area (Å²) in [5.74, 6) is -0.143. The van der Waals surface area contributed by atoms with Crippen LogP contribution in [0.3, 0.4) is 0 Å². The molecule has 16 nitrogen and oxygen atoms in total. The minimum absolute atomic E-state index is 0.0715. The molecule has 0 spiro atoms. The maximum atomic E-state index is 13.5. The van der Waals surface area contributed by atoms with Crippen LogP contribution in [-0.4, -0.2) is 174 Å². The molecule has 0 saturated heterocycles. The van der Waals surface area contributed by atoms with Gasteiger partial charge in [-0.3, -0.25) is 9.59 Å². The highest BCUT2D eigenvalue weighted by Crippen LogP contribution is 2.14. The summed E-state index contributed by atoms with van der Waals surface area (Å²) in [7, 11) is 0. The van der Waals surface area contributed by atoms with E-state index in [0.717, 1.165) is 117 Å². The summed E-state index contributed by atoms with van der Waals surface area (Å²) in [6.45, 7) is 16.7. The van der Waals surface area contributed by atoms with E-state index in [0.29, 0.717) is 65.2 Å². The van der Waals surface area contributed by atoms with Crippen molar-refractivity contribution in [3.63, 3.8) is 0 Å². The molecule has 498 valence electrons. The van der Waals surface area contributed by atoms with E-state index in [2.05, 4.69) is 79.9 Å². The van der Waals surface area contributed by atoms with E-state index >= 15 is 0 Å². The van der Waals surface area contributed by atoms with Crippen molar-refractivity contribution in [3.05, 3.63) is 24.3 Å². The Morgan fingerprint density at radius 1 is 0.369 bits per heavy atom. The van der Waals surface area contributed by atoms with Crippen molar-refractivity contribution in [3.8, 4) is 0 Å². The van der Waals surface area contributed by atoms with Gasteiger partial charge in [0, 0.05) is 26.2 Å². The molecule has 2 amide bonds. The average molecular weight is 1190 g/mol. The summed E-state index contributed by atoms with van der Waals surface area (Å²) < 4.78 is 0. The first-order valence-electron chi connectivity index (χ1n) is 35.6. The van der Waals surface area contributed by atoms with E-state index in [1.165, 1.54) is 167 Å². The van der Waals surface area contributed by atoms with Crippen LogP contribution in [0, 0.1) is 0 Å². The van der Waals surface area contributed by atoms with Gasteiger partial charge in [0.2, 0.25) is 11.8 Å². The normalized spacial score (nSPS) is 13.5. The molecule has 0 rings (SSSR count). The number of hydrogen-bond donors (Lipinski definition) is 12. The first-order chi connectivity index (χ1) is 41.3. The number of nitrogens with two attached hydrogens (primary N) is 4. The number of carbonyl (C=O) groups is 2. The largest absolute Gasteiger partial charge is 0.390 e. The number of aliphatic hydroxyl groups is 2. The molecule has 0 aliphatic heterocycles. The molecule has 0 saturated carbocycles. The van der Waals surface area contributed by atoms with Crippen LogP contribution >= 0.6 is 0 Å². The molecule has 0 aliphatic carbocycles. The number of unbranched alkanes of at least 4 members (excludes halogenated alkanes) is 25. The third kappa shape index (κ3) is 57.7. The van der Waals surface area contributed by atoms with Crippen molar-refractivity contribution in [2.24, 2.45) is 22.9 Å². The van der Waals surface area contributed by atoms with Gasteiger partial charge in [-0.05, 0) is 220 Å². The SMILES string of the molecule is CCCCCCCC/C=C\CCCCCCCCN(CCCCN(CCCCCCCC/C=C/CCCCCCCC)CC(O)CNC(=O)C(CCCNCCCN)NCCCN)CC(O)CNC(=O)C(CCCNCCCN)NCCCN. The van der Waals surface area contributed by atoms with Gasteiger partial charge in [0.1, 0.15) is 0 Å². The summed E-state index contributed by atoms with van der Waals surface area (Å²) in [6.07, 6.45) is 52.3. The van der Waals surface area contributed by atoms with Crippen LogP contribution in [-0.2, 0) is 9.59 Å². The standard InChI is InChI=1S/C68H142N12O4/c1-3-5-7-9-11-13-15-17-19-21-23-25-27-29-31-33-55-79(61-63(81)59-77-67(83)65(75-53-41-47-71)43-37-49-73-51-39-45-69)57-35-36-58-80(56-34-32-30-28-26-24-22-20-18-16-14-12-10-8-6-4-2)62-64(82)60-78-68(84)66(76-54-42-48-72)44-38-50-74-52-40-46-70/h17-20,63-66,73-76,81-82H,3-16,21-62,69-72H2,1-2H3,(H,77,83)(H,78,84)/b19-17-,20-18+. The van der Waals surface area contributed by atoms with E-state index in [-0.39, 0.29) is 37.0 Å². The van der Waals surface area contributed by atoms with Crippen LogP contribution in [0.15, 0.2) is 24.3 Å². The number of amides is 2. The van der Waals surface area contributed by atoms with Crippen LogP contribution in [0.1, 0.15) is 258 Å². The Morgan fingerprint density at radius 3 is 0.964 bits per heavy atom. The van der Waals surface area contributed by atoms with Gasteiger partial charge in [-0.1, -0.05) is 154 Å². The lowest BCUT2D eigenvalue weighted by Crippen LogP contribution is -2.48. The molecule has 0 aromatic carbocycles. The summed E-state index contributed by atoms with van der Waals surface area (Å²) >= 11 is 0. The van der Waals surface area contributed by atoms with Gasteiger partial charge in [-0.2, -0.15) is 0 Å². The van der Waals surface area contributed by atoms with E-state index in [4.69, 9.17) is 22.9 Å². The fourth-order valence-electron chi connectivity index (χ4n) is 10.8. The molecule has 16 heteroatoms. The van der Waals surface area contributed by atoms with Crippen molar-refractivity contribution in [1.82, 2.24) is 41.7 Å². The lowest BCUT2D eigenvalue weighted by atomic mass is 10.1. The van der Waals surface area contributed by atoms with Gasteiger partial charge >= 0.3 is 0 Å². The Kier molecular flexibility index (Phi) is 65.2. The van der Waals surface area contributed by atoms with Crippen LogP contribution < -0.4 is 54.8 Å². The van der Waals surface area contributed by atoms with Gasteiger partial charge in [-0.15, -0.1) is 0 Å². The second kappa shape index (κ2) is 66.9. The first-order valence-corrected chi connectivity index (χ1v) is 35.6. The van der Waals surface area contributed by atoms with E-state index in [9.17, 15) is 19.8 Å². The number of nitrogens with zero attached hydrogens (tertiary/aromatic N) is 2. The molecule has 0 heterocycles. The molecular formula is C68H142N12O4. The summed E-state index contributed by atoms with van der Waals surface area (Å²) in [4.78, 5) is 31.8. The number of carbonyl (C=O) groups excluding carboxylic acids is 2. The second-order valence-corrected chi connectivity index (χ2v) is 24.3. The number of hydrogen-bond acceptors (Lipinski definition) is 14. The zero-order valence-corrected chi connectivity index (χ0v) is 55.1. The zero-order valence-electron chi connectivity index (χ0n) is 55.1. The lowest BCUT2D eigenvalue weighted by Gasteiger charge is -2.28. The number of aliphatic hydroxyl groups excluding tert-OH is 2. The fraction of sp³-hybridized carbons (Fsp3) is 0.912. The monoisotopic (exact) mass is 1190 g/mol. The predicted octanol–water partition coefficient (Wildman–Crippen LogP) is 9.45.